The van der Waals surface area contributed by atoms with E-state index >= 15 is 0 Å². The van der Waals surface area contributed by atoms with E-state index in [1.807, 2.05) is 0 Å². The molecule has 1 aromatic carbocycles. The molecule has 0 spiro atoms. The first kappa shape index (κ1) is 14.4. The Morgan fingerprint density at radius 2 is 2.00 bits per heavy atom. The van der Waals surface area contributed by atoms with Gasteiger partial charge in [0, 0.05) is 6.04 Å². The number of nitrogens with zero attached hydrogens (tertiary/aromatic N) is 1. The van der Waals surface area contributed by atoms with Gasteiger partial charge in [0.15, 0.2) is 0 Å². The zero-order valence-electron chi connectivity index (χ0n) is 11.9. The molecule has 1 aliphatic carbocycles. The van der Waals surface area contributed by atoms with Crippen molar-refractivity contribution in [1.82, 2.24) is 10.2 Å². The van der Waals surface area contributed by atoms with Gasteiger partial charge in [0.25, 0.3) is 0 Å². The van der Waals surface area contributed by atoms with Gasteiger partial charge in [0.1, 0.15) is 6.17 Å². The molecule has 3 rings (SSSR count). The van der Waals surface area contributed by atoms with Crippen molar-refractivity contribution in [2.45, 2.75) is 38.7 Å². The van der Waals surface area contributed by atoms with Gasteiger partial charge in [-0.1, -0.05) is 26.0 Å². The number of rotatable bonds is 2. The van der Waals surface area contributed by atoms with Crippen LogP contribution in [0.1, 0.15) is 37.6 Å². The van der Waals surface area contributed by atoms with Gasteiger partial charge < -0.3 is 4.90 Å². The van der Waals surface area contributed by atoms with Crippen LogP contribution >= 0.6 is 0 Å². The fourth-order valence-electron chi connectivity index (χ4n) is 2.95. The average Bonchev–Trinajstić information content (AvgIpc) is 2.84. The second-order valence-electron chi connectivity index (χ2n) is 6.42. The highest BCUT2D eigenvalue weighted by Gasteiger charge is 2.54. The molecule has 114 valence electrons. The predicted octanol–water partition coefficient (Wildman–Crippen LogP) is 2.93. The van der Waals surface area contributed by atoms with E-state index in [4.69, 9.17) is 0 Å². The smallest absolute Gasteiger partial charge is 0.318 e. The standard InChI is InChI=1S/C15H17F3N2O/c1-14(2)7-11(14)20-12(21)8-19-13(20)9-4-3-5-10(6-9)15(16,17)18/h3-6,11,13,19H,7-8H2,1-2H3. The molecule has 1 aromatic rings. The van der Waals surface area contributed by atoms with E-state index in [1.54, 1.807) is 11.0 Å². The molecule has 1 heterocycles. The zero-order valence-corrected chi connectivity index (χ0v) is 11.9. The van der Waals surface area contributed by atoms with E-state index in [-0.39, 0.29) is 23.9 Å². The van der Waals surface area contributed by atoms with Crippen LogP contribution in [-0.2, 0) is 11.0 Å². The van der Waals surface area contributed by atoms with Gasteiger partial charge in [-0.3, -0.25) is 10.1 Å². The average molecular weight is 298 g/mol. The van der Waals surface area contributed by atoms with Crippen molar-refractivity contribution in [3.63, 3.8) is 0 Å². The van der Waals surface area contributed by atoms with E-state index in [0.717, 1.165) is 18.6 Å². The largest absolute Gasteiger partial charge is 0.416 e. The molecule has 6 heteroatoms. The molecule has 0 radical (unpaired) electrons. The molecule has 1 saturated heterocycles. The van der Waals surface area contributed by atoms with Crippen LogP contribution in [0, 0.1) is 5.41 Å². The topological polar surface area (TPSA) is 32.3 Å². The lowest BCUT2D eigenvalue weighted by Gasteiger charge is -2.27. The Labute approximate surface area is 121 Å². The highest BCUT2D eigenvalue weighted by molar-refractivity contribution is 5.81. The molecule has 2 fully saturated rings. The van der Waals surface area contributed by atoms with Crippen molar-refractivity contribution < 1.29 is 18.0 Å². The van der Waals surface area contributed by atoms with Gasteiger partial charge in [0.05, 0.1) is 12.1 Å². The maximum atomic E-state index is 12.8. The van der Waals surface area contributed by atoms with Gasteiger partial charge in [-0.25, -0.2) is 0 Å². The molecule has 2 atom stereocenters. The van der Waals surface area contributed by atoms with E-state index in [2.05, 4.69) is 19.2 Å². The minimum atomic E-state index is -4.37. The Hall–Kier alpha value is -1.56. The molecular formula is C15H17F3N2O. The van der Waals surface area contributed by atoms with Crippen LogP contribution in [0.3, 0.4) is 0 Å². The van der Waals surface area contributed by atoms with Gasteiger partial charge >= 0.3 is 6.18 Å². The van der Waals surface area contributed by atoms with E-state index in [9.17, 15) is 18.0 Å². The quantitative estimate of drug-likeness (QED) is 0.910. The number of amides is 1. The highest BCUT2D eigenvalue weighted by atomic mass is 19.4. The predicted molar refractivity (Wildman–Crippen MR) is 71.2 cm³/mol. The third kappa shape index (κ3) is 2.52. The third-order valence-electron chi connectivity index (χ3n) is 4.34. The molecule has 21 heavy (non-hydrogen) atoms. The Morgan fingerprint density at radius 1 is 1.33 bits per heavy atom. The van der Waals surface area contributed by atoms with Crippen LogP contribution in [0.2, 0.25) is 0 Å². The number of hydrogen-bond donors (Lipinski definition) is 1. The molecule has 2 unspecified atom stereocenters. The van der Waals surface area contributed by atoms with Crippen LogP contribution in [-0.4, -0.2) is 23.4 Å². The molecule has 3 nitrogen and oxygen atoms in total. The molecule has 0 aromatic heterocycles. The number of halogens is 3. The Kier molecular flexibility index (Phi) is 3.06. The van der Waals surface area contributed by atoms with Crippen molar-refractivity contribution in [3.05, 3.63) is 35.4 Å². The summed E-state index contributed by atoms with van der Waals surface area (Å²) in [5.74, 6) is -0.0482. The Bertz CT molecular complexity index is 583. The second kappa shape index (κ2) is 4.47. The van der Waals surface area contributed by atoms with Gasteiger partial charge in [0.2, 0.25) is 5.91 Å². The summed E-state index contributed by atoms with van der Waals surface area (Å²) in [5.41, 5.74) is -0.156. The van der Waals surface area contributed by atoms with Crippen LogP contribution in [0.4, 0.5) is 13.2 Å². The lowest BCUT2D eigenvalue weighted by Crippen LogP contribution is -2.34. The molecule has 1 amide bonds. The van der Waals surface area contributed by atoms with Gasteiger partial charge in [-0.15, -0.1) is 0 Å². The molecule has 2 aliphatic rings. The fraction of sp³-hybridized carbons (Fsp3) is 0.533. The molecule has 1 aliphatic heterocycles. The van der Waals surface area contributed by atoms with Crippen LogP contribution in [0.5, 0.6) is 0 Å². The van der Waals surface area contributed by atoms with E-state index < -0.39 is 17.9 Å². The number of nitrogens with one attached hydrogen (secondary N) is 1. The summed E-state index contributed by atoms with van der Waals surface area (Å²) in [6.45, 7) is 4.30. The molecule has 1 saturated carbocycles. The van der Waals surface area contributed by atoms with Gasteiger partial charge in [-0.2, -0.15) is 13.2 Å². The second-order valence-corrected chi connectivity index (χ2v) is 6.42. The first-order valence-electron chi connectivity index (χ1n) is 6.92. The van der Waals surface area contributed by atoms with Crippen molar-refractivity contribution in [1.29, 1.82) is 0 Å². The SMILES string of the molecule is CC1(C)CC1N1C(=O)CNC1c1cccc(C(F)(F)F)c1. The summed E-state index contributed by atoms with van der Waals surface area (Å²) >= 11 is 0. The summed E-state index contributed by atoms with van der Waals surface area (Å²) in [6, 6.07) is 5.29. The lowest BCUT2D eigenvalue weighted by atomic mass is 10.1. The first-order valence-corrected chi connectivity index (χ1v) is 6.92. The Morgan fingerprint density at radius 3 is 2.57 bits per heavy atom. The maximum absolute atomic E-state index is 12.8. The fourth-order valence-corrected chi connectivity index (χ4v) is 2.95. The first-order chi connectivity index (χ1) is 9.70. The number of carbonyl (C=O) groups is 1. The van der Waals surface area contributed by atoms with Crippen LogP contribution in [0.15, 0.2) is 24.3 Å². The summed E-state index contributed by atoms with van der Waals surface area (Å²) in [4.78, 5) is 13.8. The number of carbonyl (C=O) groups excluding carboxylic acids is 1. The molecular weight excluding hydrogens is 281 g/mol. The monoisotopic (exact) mass is 298 g/mol. The normalized spacial score (nSPS) is 28.0. The third-order valence-corrected chi connectivity index (χ3v) is 4.34. The summed E-state index contributed by atoms with van der Waals surface area (Å²) in [7, 11) is 0. The van der Waals surface area contributed by atoms with Crippen molar-refractivity contribution >= 4 is 5.91 Å². The summed E-state index contributed by atoms with van der Waals surface area (Å²) < 4.78 is 38.5. The number of hydrogen-bond acceptors (Lipinski definition) is 2. The minimum Gasteiger partial charge on any atom is -0.318 e. The van der Waals surface area contributed by atoms with Crippen LogP contribution < -0.4 is 5.32 Å². The Balaban J connectivity index is 1.91. The van der Waals surface area contributed by atoms with E-state index in [1.165, 1.54) is 6.07 Å². The minimum absolute atomic E-state index is 0.0432. The molecule has 0 bridgehead atoms. The van der Waals surface area contributed by atoms with E-state index in [0.29, 0.717) is 5.56 Å². The molecule has 1 N–H and O–H groups in total. The lowest BCUT2D eigenvalue weighted by molar-refractivity contribution is -0.137. The van der Waals surface area contributed by atoms with Crippen molar-refractivity contribution in [3.8, 4) is 0 Å². The maximum Gasteiger partial charge on any atom is 0.416 e. The number of benzene rings is 1. The van der Waals surface area contributed by atoms with Crippen molar-refractivity contribution in [2.24, 2.45) is 5.41 Å². The van der Waals surface area contributed by atoms with Crippen LogP contribution in [0.25, 0.3) is 0 Å². The number of alkyl halides is 3. The van der Waals surface area contributed by atoms with Crippen molar-refractivity contribution in [2.75, 3.05) is 6.54 Å². The summed E-state index contributed by atoms with van der Waals surface area (Å²) in [6.07, 6.45) is -3.95. The van der Waals surface area contributed by atoms with Gasteiger partial charge in [-0.05, 0) is 29.5 Å². The summed E-state index contributed by atoms with van der Waals surface area (Å²) in [5, 5.41) is 3.02. The highest BCUT2D eigenvalue weighted by Crippen LogP contribution is 2.51. The zero-order chi connectivity index (χ0) is 15.4.